The molecule has 7 nitrogen and oxygen atoms in total. The third kappa shape index (κ3) is 2.48. The van der Waals surface area contributed by atoms with Gasteiger partial charge in [-0.15, -0.1) is 0 Å². The lowest BCUT2D eigenvalue weighted by Gasteiger charge is -2.10. The van der Waals surface area contributed by atoms with Crippen molar-refractivity contribution in [2.24, 2.45) is 0 Å². The van der Waals surface area contributed by atoms with E-state index in [9.17, 15) is 4.79 Å². The Labute approximate surface area is 141 Å². The zero-order valence-corrected chi connectivity index (χ0v) is 13.4. The molecule has 0 radical (unpaired) electrons. The second-order valence-electron chi connectivity index (χ2n) is 5.47. The van der Waals surface area contributed by atoms with Crippen molar-refractivity contribution in [2.75, 3.05) is 0 Å². The van der Waals surface area contributed by atoms with E-state index in [2.05, 4.69) is 30.2 Å². The van der Waals surface area contributed by atoms with Crippen molar-refractivity contribution >= 4 is 39.6 Å². The minimum atomic E-state index is -0.293. The summed E-state index contributed by atoms with van der Waals surface area (Å²) in [6.07, 6.45) is 4.67. The molecule has 1 aromatic carbocycles. The second kappa shape index (κ2) is 5.61. The summed E-state index contributed by atoms with van der Waals surface area (Å²) in [5.74, 6) is 0.443. The molecule has 8 heteroatoms. The number of aromatic nitrogens is 5. The molecule has 0 fully saturated rings. The number of carbonyl (C=O) groups is 1. The molecule has 0 bridgehead atoms. The molecule has 0 aliphatic rings. The number of aromatic amines is 2. The van der Waals surface area contributed by atoms with Crippen molar-refractivity contribution in [3.8, 4) is 0 Å². The fraction of sp³-hybridized carbons (Fsp3) is 0.125. The summed E-state index contributed by atoms with van der Waals surface area (Å²) in [4.78, 5) is 31.2. The Kier molecular flexibility index (Phi) is 3.42. The molecule has 0 aliphatic heterocycles. The van der Waals surface area contributed by atoms with Crippen molar-refractivity contribution < 1.29 is 4.79 Å². The minimum absolute atomic E-state index is 0.220. The number of carbonyl (C=O) groups excluding carboxylic acids is 1. The lowest BCUT2D eigenvalue weighted by molar-refractivity contribution is 0.0940. The van der Waals surface area contributed by atoms with Gasteiger partial charge >= 0.3 is 0 Å². The van der Waals surface area contributed by atoms with Crippen LogP contribution in [0.15, 0.2) is 36.9 Å². The Hall–Kier alpha value is -2.93. The number of rotatable bonds is 3. The van der Waals surface area contributed by atoms with E-state index in [0.717, 1.165) is 11.0 Å². The van der Waals surface area contributed by atoms with Gasteiger partial charge in [-0.1, -0.05) is 11.6 Å². The van der Waals surface area contributed by atoms with E-state index < -0.39 is 0 Å². The van der Waals surface area contributed by atoms with E-state index in [4.69, 9.17) is 11.6 Å². The van der Waals surface area contributed by atoms with Crippen LogP contribution >= 0.6 is 11.6 Å². The molecule has 4 aromatic rings. The highest BCUT2D eigenvalue weighted by Crippen LogP contribution is 2.21. The number of amides is 1. The Balaban J connectivity index is 1.60. The number of imidazole rings is 1. The van der Waals surface area contributed by atoms with Crippen LogP contribution in [0.1, 0.15) is 29.1 Å². The number of nitrogens with one attached hydrogen (secondary N) is 3. The zero-order valence-electron chi connectivity index (χ0n) is 12.7. The molecule has 0 spiro atoms. The number of nitrogens with zero attached hydrogens (tertiary/aromatic N) is 3. The average Bonchev–Trinajstić information content (AvgIpc) is 3.18. The molecule has 120 valence electrons. The average molecular weight is 341 g/mol. The first-order chi connectivity index (χ1) is 11.6. The van der Waals surface area contributed by atoms with Crippen LogP contribution in [0.4, 0.5) is 0 Å². The van der Waals surface area contributed by atoms with Gasteiger partial charge in [-0.3, -0.25) is 4.79 Å². The first-order valence-corrected chi connectivity index (χ1v) is 7.73. The molecule has 1 atom stereocenters. The van der Waals surface area contributed by atoms with E-state index in [1.54, 1.807) is 24.5 Å². The third-order valence-corrected chi connectivity index (χ3v) is 4.06. The summed E-state index contributed by atoms with van der Waals surface area (Å²) < 4.78 is 0. The highest BCUT2D eigenvalue weighted by atomic mass is 35.5. The second-order valence-corrected chi connectivity index (χ2v) is 5.90. The van der Waals surface area contributed by atoms with Crippen LogP contribution in [0.25, 0.3) is 22.1 Å². The number of halogens is 1. The smallest absolute Gasteiger partial charge is 0.254 e. The van der Waals surface area contributed by atoms with E-state index in [0.29, 0.717) is 27.4 Å². The fourth-order valence-electron chi connectivity index (χ4n) is 2.60. The molecule has 4 rings (SSSR count). The first-order valence-electron chi connectivity index (χ1n) is 7.35. The molecule has 3 N–H and O–H groups in total. The third-order valence-electron chi connectivity index (χ3n) is 3.82. The molecule has 1 unspecified atom stereocenters. The molecular weight excluding hydrogens is 328 g/mol. The lowest BCUT2D eigenvalue weighted by atomic mass is 10.2. The Morgan fingerprint density at radius 2 is 2.25 bits per heavy atom. The number of fused-ring (bicyclic) bond motifs is 2. The largest absolute Gasteiger partial charge is 0.345 e. The Morgan fingerprint density at radius 1 is 1.38 bits per heavy atom. The van der Waals surface area contributed by atoms with Crippen LogP contribution in [0.3, 0.4) is 0 Å². The molecule has 0 saturated heterocycles. The summed E-state index contributed by atoms with van der Waals surface area (Å²) in [6.45, 7) is 1.86. The van der Waals surface area contributed by atoms with E-state index >= 15 is 0 Å². The van der Waals surface area contributed by atoms with Crippen LogP contribution in [0, 0.1) is 0 Å². The molecule has 0 aliphatic carbocycles. The monoisotopic (exact) mass is 340 g/mol. The van der Waals surface area contributed by atoms with Crippen molar-refractivity contribution in [2.45, 2.75) is 13.0 Å². The van der Waals surface area contributed by atoms with Gasteiger partial charge in [0.15, 0.2) is 0 Å². The predicted molar refractivity (Wildman–Crippen MR) is 90.9 cm³/mol. The van der Waals surface area contributed by atoms with Crippen LogP contribution < -0.4 is 5.32 Å². The van der Waals surface area contributed by atoms with Gasteiger partial charge < -0.3 is 15.3 Å². The summed E-state index contributed by atoms with van der Waals surface area (Å²) in [6, 6.07) is 5.13. The number of hydrogen-bond acceptors (Lipinski definition) is 4. The maximum Gasteiger partial charge on any atom is 0.254 e. The van der Waals surface area contributed by atoms with E-state index in [1.165, 1.54) is 6.33 Å². The standard InChI is InChI=1S/C16H13ClN6O/c1-8(14-22-12-3-2-9(17)4-13(12)23-14)21-16(24)11-6-19-15-10(11)5-18-7-20-15/h2-8H,1H3,(H,21,24)(H,22,23)(H,18,19,20). The number of hydrogen-bond donors (Lipinski definition) is 3. The van der Waals surface area contributed by atoms with Gasteiger partial charge in [0, 0.05) is 22.8 Å². The van der Waals surface area contributed by atoms with Gasteiger partial charge in [0.1, 0.15) is 17.8 Å². The summed E-state index contributed by atoms with van der Waals surface area (Å²) in [5.41, 5.74) is 2.76. The number of H-pyrrole nitrogens is 2. The Bertz CT molecular complexity index is 1050. The molecule has 3 aromatic heterocycles. The first kappa shape index (κ1) is 14.6. The van der Waals surface area contributed by atoms with Gasteiger partial charge in [-0.25, -0.2) is 15.0 Å². The van der Waals surface area contributed by atoms with Crippen molar-refractivity contribution in [1.82, 2.24) is 30.2 Å². The van der Waals surface area contributed by atoms with Gasteiger partial charge in [-0.05, 0) is 25.1 Å². The minimum Gasteiger partial charge on any atom is -0.345 e. The zero-order chi connectivity index (χ0) is 16.7. The lowest BCUT2D eigenvalue weighted by Crippen LogP contribution is -2.27. The predicted octanol–water partition coefficient (Wildman–Crippen LogP) is 2.98. The van der Waals surface area contributed by atoms with Crippen LogP contribution in [-0.4, -0.2) is 30.8 Å². The molecule has 24 heavy (non-hydrogen) atoms. The molecule has 0 saturated carbocycles. The van der Waals surface area contributed by atoms with Crippen molar-refractivity contribution in [3.05, 3.63) is 53.3 Å². The summed E-state index contributed by atoms with van der Waals surface area (Å²) in [7, 11) is 0. The SMILES string of the molecule is CC(NC(=O)c1c[nH]c2ncncc12)c1nc2ccc(Cl)cc2[nH]1. The normalized spacial score (nSPS) is 12.6. The quantitative estimate of drug-likeness (QED) is 0.534. The molecule has 1 amide bonds. The van der Waals surface area contributed by atoms with Gasteiger partial charge in [0.05, 0.1) is 22.6 Å². The van der Waals surface area contributed by atoms with E-state index in [1.807, 2.05) is 13.0 Å². The van der Waals surface area contributed by atoms with Crippen LogP contribution in [0.2, 0.25) is 5.02 Å². The van der Waals surface area contributed by atoms with Crippen LogP contribution in [0.5, 0.6) is 0 Å². The fourth-order valence-corrected chi connectivity index (χ4v) is 2.77. The van der Waals surface area contributed by atoms with Crippen molar-refractivity contribution in [3.63, 3.8) is 0 Å². The van der Waals surface area contributed by atoms with Gasteiger partial charge in [0.2, 0.25) is 0 Å². The highest BCUT2D eigenvalue weighted by molar-refractivity contribution is 6.31. The van der Waals surface area contributed by atoms with E-state index in [-0.39, 0.29) is 11.9 Å². The maximum atomic E-state index is 12.5. The molecular formula is C16H13ClN6O. The summed E-state index contributed by atoms with van der Waals surface area (Å²) >= 11 is 5.98. The van der Waals surface area contributed by atoms with Gasteiger partial charge in [0.25, 0.3) is 5.91 Å². The highest BCUT2D eigenvalue weighted by Gasteiger charge is 2.18. The topological polar surface area (TPSA) is 99.3 Å². The van der Waals surface area contributed by atoms with Gasteiger partial charge in [-0.2, -0.15) is 0 Å². The number of benzene rings is 1. The van der Waals surface area contributed by atoms with Crippen molar-refractivity contribution in [1.29, 1.82) is 0 Å². The Morgan fingerprint density at radius 3 is 3.12 bits per heavy atom. The van der Waals surface area contributed by atoms with Crippen LogP contribution in [-0.2, 0) is 0 Å². The maximum absolute atomic E-state index is 12.5. The molecule has 3 heterocycles. The summed E-state index contributed by atoms with van der Waals surface area (Å²) in [5, 5.41) is 4.24.